The summed E-state index contributed by atoms with van der Waals surface area (Å²) in [5.41, 5.74) is 2.33. The average Bonchev–Trinajstić information content (AvgIpc) is 3.00. The number of aromatic amines is 1. The van der Waals surface area contributed by atoms with Gasteiger partial charge in [-0.15, -0.1) is 0 Å². The van der Waals surface area contributed by atoms with Gasteiger partial charge in [0.2, 0.25) is 11.8 Å². The summed E-state index contributed by atoms with van der Waals surface area (Å²) in [6.07, 6.45) is 4.70. The van der Waals surface area contributed by atoms with Crippen LogP contribution in [-0.2, 0) is 29.1 Å². The lowest BCUT2D eigenvalue weighted by Gasteiger charge is -2.16. The van der Waals surface area contributed by atoms with E-state index in [2.05, 4.69) is 10.3 Å². The van der Waals surface area contributed by atoms with Crippen molar-refractivity contribution in [1.82, 2.24) is 15.2 Å². The molecule has 1 aromatic carbocycles. The van der Waals surface area contributed by atoms with Crippen molar-refractivity contribution in [2.45, 2.75) is 32.4 Å². The van der Waals surface area contributed by atoms with Crippen molar-refractivity contribution in [3.8, 4) is 0 Å². The number of nitrogens with zero attached hydrogens (tertiary/aromatic N) is 1. The van der Waals surface area contributed by atoms with Crippen LogP contribution in [0.1, 0.15) is 29.5 Å². The van der Waals surface area contributed by atoms with Crippen LogP contribution < -0.4 is 10.7 Å². The number of amides is 2. The van der Waals surface area contributed by atoms with Gasteiger partial charge in [0.25, 0.3) is 0 Å². The molecule has 0 unspecified atom stereocenters. The third-order valence-electron chi connectivity index (χ3n) is 4.28. The van der Waals surface area contributed by atoms with E-state index in [1.165, 1.54) is 6.07 Å². The van der Waals surface area contributed by atoms with Gasteiger partial charge in [0, 0.05) is 50.1 Å². The Labute approximate surface area is 145 Å². The highest BCUT2D eigenvalue weighted by molar-refractivity contribution is 5.78. The van der Waals surface area contributed by atoms with Gasteiger partial charge in [-0.05, 0) is 17.5 Å². The van der Waals surface area contributed by atoms with Crippen LogP contribution in [0.5, 0.6) is 0 Å². The zero-order valence-corrected chi connectivity index (χ0v) is 14.0. The summed E-state index contributed by atoms with van der Waals surface area (Å²) in [5.74, 6) is 0.00334. The third kappa shape index (κ3) is 4.56. The number of likely N-dealkylation sites (tertiary alicyclic amines) is 1. The largest absolute Gasteiger partial charge is 0.367 e. The highest BCUT2D eigenvalue weighted by atomic mass is 16.2. The minimum absolute atomic E-state index is 0.0537. The number of pyridine rings is 1. The summed E-state index contributed by atoms with van der Waals surface area (Å²) in [6, 6.07) is 9.26. The molecule has 2 aromatic rings. The Balaban J connectivity index is 1.55. The standard InChI is InChI=1S/C19H21N3O3/c23-17-6-7-20-12-16(17)10-18(24)21-11-14-3-1-4-15(9-14)13-22-8-2-5-19(22)25/h1,3-4,6-7,9,12H,2,5,8,10-11,13H2,(H,20,23)(H,21,24). The number of hydrogen-bond acceptors (Lipinski definition) is 3. The maximum atomic E-state index is 12.0. The zero-order chi connectivity index (χ0) is 17.6. The van der Waals surface area contributed by atoms with Crippen LogP contribution in [-0.4, -0.2) is 28.2 Å². The van der Waals surface area contributed by atoms with Gasteiger partial charge >= 0.3 is 0 Å². The smallest absolute Gasteiger partial charge is 0.224 e. The lowest BCUT2D eigenvalue weighted by Crippen LogP contribution is -2.27. The van der Waals surface area contributed by atoms with Crippen LogP contribution in [0.25, 0.3) is 0 Å². The minimum Gasteiger partial charge on any atom is -0.367 e. The molecule has 6 heteroatoms. The van der Waals surface area contributed by atoms with Gasteiger partial charge in [-0.25, -0.2) is 0 Å². The first kappa shape index (κ1) is 17.0. The van der Waals surface area contributed by atoms with Crippen LogP contribution >= 0.6 is 0 Å². The molecule has 2 heterocycles. The monoisotopic (exact) mass is 339 g/mol. The van der Waals surface area contributed by atoms with Crippen molar-refractivity contribution in [1.29, 1.82) is 0 Å². The quantitative estimate of drug-likeness (QED) is 0.833. The maximum Gasteiger partial charge on any atom is 0.224 e. The topological polar surface area (TPSA) is 82.3 Å². The third-order valence-corrected chi connectivity index (χ3v) is 4.28. The van der Waals surface area contributed by atoms with Crippen LogP contribution in [0.2, 0.25) is 0 Å². The summed E-state index contributed by atoms with van der Waals surface area (Å²) in [5, 5.41) is 2.83. The molecule has 1 saturated heterocycles. The van der Waals surface area contributed by atoms with Crippen molar-refractivity contribution in [3.63, 3.8) is 0 Å². The first-order valence-electron chi connectivity index (χ1n) is 8.40. The average molecular weight is 339 g/mol. The summed E-state index contributed by atoms with van der Waals surface area (Å²) in [4.78, 5) is 40.1. The van der Waals surface area contributed by atoms with E-state index in [0.717, 1.165) is 24.1 Å². The Morgan fingerprint density at radius 2 is 2.04 bits per heavy atom. The fourth-order valence-electron chi connectivity index (χ4n) is 2.95. The normalized spacial score (nSPS) is 13.9. The second kappa shape index (κ2) is 7.79. The number of carbonyl (C=O) groups excluding carboxylic acids is 2. The molecule has 0 radical (unpaired) electrons. The molecule has 0 atom stereocenters. The molecular formula is C19H21N3O3. The second-order valence-corrected chi connectivity index (χ2v) is 6.23. The molecule has 0 spiro atoms. The van der Waals surface area contributed by atoms with Crippen LogP contribution in [0.15, 0.2) is 47.5 Å². The number of rotatable bonds is 6. The molecule has 0 saturated carbocycles. The molecule has 1 aliphatic heterocycles. The Morgan fingerprint density at radius 1 is 1.20 bits per heavy atom. The Hall–Kier alpha value is -2.89. The van der Waals surface area contributed by atoms with E-state index in [1.54, 1.807) is 12.4 Å². The van der Waals surface area contributed by atoms with Crippen molar-refractivity contribution in [3.05, 3.63) is 69.6 Å². The van der Waals surface area contributed by atoms with E-state index in [1.807, 2.05) is 29.2 Å². The van der Waals surface area contributed by atoms with Gasteiger partial charge in [0.15, 0.2) is 5.43 Å². The Morgan fingerprint density at radius 3 is 2.80 bits per heavy atom. The van der Waals surface area contributed by atoms with Gasteiger partial charge < -0.3 is 15.2 Å². The fraction of sp³-hybridized carbons (Fsp3) is 0.316. The molecule has 1 aromatic heterocycles. The van der Waals surface area contributed by atoms with Crippen molar-refractivity contribution in [2.75, 3.05) is 6.54 Å². The molecule has 6 nitrogen and oxygen atoms in total. The van der Waals surface area contributed by atoms with Crippen molar-refractivity contribution < 1.29 is 9.59 Å². The summed E-state index contributed by atoms with van der Waals surface area (Å²) in [6.45, 7) is 1.82. The van der Waals surface area contributed by atoms with Gasteiger partial charge in [0.1, 0.15) is 0 Å². The number of nitrogens with one attached hydrogen (secondary N) is 2. The Bertz CT molecular complexity index is 828. The molecule has 2 amide bonds. The molecule has 2 N–H and O–H groups in total. The summed E-state index contributed by atoms with van der Waals surface area (Å²) >= 11 is 0. The van der Waals surface area contributed by atoms with E-state index in [-0.39, 0.29) is 23.7 Å². The first-order valence-corrected chi connectivity index (χ1v) is 8.40. The molecule has 1 fully saturated rings. The number of benzene rings is 1. The van der Waals surface area contributed by atoms with Crippen LogP contribution in [0.4, 0.5) is 0 Å². The number of hydrogen-bond donors (Lipinski definition) is 2. The first-order chi connectivity index (χ1) is 12.1. The van der Waals surface area contributed by atoms with E-state index >= 15 is 0 Å². The van der Waals surface area contributed by atoms with Gasteiger partial charge in [-0.1, -0.05) is 24.3 Å². The van der Waals surface area contributed by atoms with E-state index in [4.69, 9.17) is 0 Å². The van der Waals surface area contributed by atoms with Gasteiger partial charge in [-0.2, -0.15) is 0 Å². The molecule has 3 rings (SSSR count). The minimum atomic E-state index is -0.197. The highest BCUT2D eigenvalue weighted by Gasteiger charge is 2.19. The zero-order valence-electron chi connectivity index (χ0n) is 14.0. The predicted molar refractivity (Wildman–Crippen MR) is 93.7 cm³/mol. The van der Waals surface area contributed by atoms with Gasteiger partial charge in [-0.3, -0.25) is 14.4 Å². The fourth-order valence-corrected chi connectivity index (χ4v) is 2.95. The number of carbonyl (C=O) groups is 2. The maximum absolute atomic E-state index is 12.0. The lowest BCUT2D eigenvalue weighted by atomic mass is 10.1. The Kier molecular flexibility index (Phi) is 5.28. The van der Waals surface area contributed by atoms with E-state index in [0.29, 0.717) is 25.1 Å². The van der Waals surface area contributed by atoms with Gasteiger partial charge in [0.05, 0.1) is 6.42 Å². The summed E-state index contributed by atoms with van der Waals surface area (Å²) < 4.78 is 0. The number of H-pyrrole nitrogens is 1. The van der Waals surface area contributed by atoms with Crippen molar-refractivity contribution in [2.24, 2.45) is 0 Å². The highest BCUT2D eigenvalue weighted by Crippen LogP contribution is 2.15. The lowest BCUT2D eigenvalue weighted by molar-refractivity contribution is -0.128. The van der Waals surface area contributed by atoms with Crippen LogP contribution in [0, 0.1) is 0 Å². The molecule has 0 aliphatic carbocycles. The molecule has 130 valence electrons. The van der Waals surface area contributed by atoms with Crippen molar-refractivity contribution >= 4 is 11.8 Å². The summed E-state index contributed by atoms with van der Waals surface area (Å²) in [7, 11) is 0. The van der Waals surface area contributed by atoms with E-state index in [9.17, 15) is 14.4 Å². The van der Waals surface area contributed by atoms with E-state index < -0.39 is 0 Å². The molecule has 1 aliphatic rings. The SMILES string of the molecule is O=C(Cc1c[nH]ccc1=O)NCc1cccc(CN2CCCC2=O)c1. The number of aromatic nitrogens is 1. The molecule has 25 heavy (non-hydrogen) atoms. The molecular weight excluding hydrogens is 318 g/mol. The molecule has 0 bridgehead atoms. The van der Waals surface area contributed by atoms with Crippen LogP contribution in [0.3, 0.4) is 0 Å². The second-order valence-electron chi connectivity index (χ2n) is 6.23. The predicted octanol–water partition coefficient (Wildman–Crippen LogP) is 1.36.